The van der Waals surface area contributed by atoms with Crippen molar-refractivity contribution in [3.63, 3.8) is 0 Å². The maximum absolute atomic E-state index is 14.1. The Morgan fingerprint density at radius 1 is 1.20 bits per heavy atom. The van der Waals surface area contributed by atoms with Crippen molar-refractivity contribution >= 4 is 22.4 Å². The zero-order valence-electron chi connectivity index (χ0n) is 19.0. The molecule has 2 N–H and O–H groups in total. The number of halogens is 5. The van der Waals surface area contributed by atoms with Gasteiger partial charge < -0.3 is 20.1 Å². The molecule has 186 valence electrons. The molecule has 1 saturated heterocycles. The highest BCUT2D eigenvalue weighted by atomic mass is 19.4. The summed E-state index contributed by atoms with van der Waals surface area (Å²) >= 11 is 0. The number of hydrogen-bond acceptors (Lipinski definition) is 7. The molecule has 0 aliphatic carbocycles. The van der Waals surface area contributed by atoms with Gasteiger partial charge in [-0.05, 0) is 32.9 Å². The van der Waals surface area contributed by atoms with Gasteiger partial charge in [0, 0.05) is 24.0 Å². The Kier molecular flexibility index (Phi) is 5.10. The van der Waals surface area contributed by atoms with Gasteiger partial charge >= 0.3 is 12.1 Å². The lowest BCUT2D eigenvalue weighted by Crippen LogP contribution is -2.60. The first-order chi connectivity index (χ1) is 16.3. The number of fused-ring (bicyclic) bond motifs is 2. The summed E-state index contributed by atoms with van der Waals surface area (Å²) in [5.41, 5.74) is -1.90. The molecule has 4 heterocycles. The van der Waals surface area contributed by atoms with E-state index in [0.717, 1.165) is 0 Å². The Morgan fingerprint density at radius 3 is 2.57 bits per heavy atom. The van der Waals surface area contributed by atoms with E-state index in [0.29, 0.717) is 5.56 Å². The number of pyridine rings is 1. The third kappa shape index (κ3) is 3.99. The van der Waals surface area contributed by atoms with Crippen LogP contribution in [0.3, 0.4) is 0 Å². The average molecular weight is 495 g/mol. The van der Waals surface area contributed by atoms with Crippen molar-refractivity contribution in [1.29, 1.82) is 0 Å². The topological polar surface area (TPSA) is 83.4 Å². The average Bonchev–Trinajstić information content (AvgIpc) is 3.07. The van der Waals surface area contributed by atoms with Crippen LogP contribution in [0.25, 0.3) is 10.9 Å². The molecule has 1 aromatic carbocycles. The molecule has 3 aromatic rings. The van der Waals surface area contributed by atoms with Gasteiger partial charge in [0.25, 0.3) is 0 Å². The summed E-state index contributed by atoms with van der Waals surface area (Å²) in [4.78, 5) is 5.30. The van der Waals surface area contributed by atoms with Gasteiger partial charge in [-0.3, -0.25) is 0 Å². The Morgan fingerprint density at radius 2 is 1.91 bits per heavy atom. The number of β-amino-alcohol motifs (C(OH)–C–C–N with tert-alkyl or cyclic N) is 1. The first-order valence-corrected chi connectivity index (χ1v) is 10.9. The number of anilines is 2. The molecule has 7 nitrogen and oxygen atoms in total. The van der Waals surface area contributed by atoms with Crippen LogP contribution in [0.5, 0.6) is 5.75 Å². The highest BCUT2D eigenvalue weighted by Gasteiger charge is 2.44. The van der Waals surface area contributed by atoms with Gasteiger partial charge in [0.1, 0.15) is 5.75 Å². The van der Waals surface area contributed by atoms with Crippen molar-refractivity contribution in [1.82, 2.24) is 15.2 Å². The minimum Gasteiger partial charge on any atom is -0.486 e. The number of aliphatic hydroxyl groups is 1. The lowest BCUT2D eigenvalue weighted by atomic mass is 9.95. The van der Waals surface area contributed by atoms with Crippen molar-refractivity contribution in [2.45, 2.75) is 44.5 Å². The van der Waals surface area contributed by atoms with Crippen LogP contribution in [-0.2, 0) is 12.1 Å². The molecule has 0 bridgehead atoms. The Labute approximate surface area is 196 Å². The van der Waals surface area contributed by atoms with Crippen LogP contribution >= 0.6 is 0 Å². The number of nitrogens with zero attached hydrogens (tertiary/aromatic N) is 4. The molecule has 1 fully saturated rings. The smallest absolute Gasteiger partial charge is 0.435 e. The monoisotopic (exact) mass is 495 g/mol. The number of hydrogen-bond donors (Lipinski definition) is 2. The van der Waals surface area contributed by atoms with E-state index in [1.54, 1.807) is 19.9 Å². The fraction of sp³-hybridized carbons (Fsp3) is 0.435. The van der Waals surface area contributed by atoms with Crippen molar-refractivity contribution in [2.24, 2.45) is 0 Å². The normalized spacial score (nSPS) is 19.2. The van der Waals surface area contributed by atoms with Crippen LogP contribution in [0.15, 0.2) is 24.3 Å². The van der Waals surface area contributed by atoms with E-state index in [-0.39, 0.29) is 52.5 Å². The minimum absolute atomic E-state index is 0.0131. The molecule has 12 heteroatoms. The summed E-state index contributed by atoms with van der Waals surface area (Å²) in [5, 5.41) is 21.5. The molecule has 0 saturated carbocycles. The lowest BCUT2D eigenvalue weighted by molar-refractivity contribution is -0.140. The van der Waals surface area contributed by atoms with Gasteiger partial charge in [0.15, 0.2) is 18.1 Å². The number of aromatic nitrogens is 3. The minimum atomic E-state index is -4.73. The molecule has 0 spiro atoms. The Balaban J connectivity index is 1.58. The van der Waals surface area contributed by atoms with E-state index in [1.807, 2.05) is 0 Å². The summed E-state index contributed by atoms with van der Waals surface area (Å²) in [6.07, 6.45) is -4.73. The van der Waals surface area contributed by atoms with Crippen LogP contribution < -0.4 is 15.0 Å². The van der Waals surface area contributed by atoms with Crippen molar-refractivity contribution < 1.29 is 31.8 Å². The molecular weight excluding hydrogens is 473 g/mol. The summed E-state index contributed by atoms with van der Waals surface area (Å²) < 4.78 is 75.1. The molecule has 35 heavy (non-hydrogen) atoms. The van der Waals surface area contributed by atoms with Crippen LogP contribution in [0.1, 0.15) is 42.4 Å². The zero-order chi connectivity index (χ0) is 25.3. The Hall–Kier alpha value is -3.28. The van der Waals surface area contributed by atoms with Crippen LogP contribution in [0.2, 0.25) is 0 Å². The first-order valence-electron chi connectivity index (χ1n) is 10.9. The second kappa shape index (κ2) is 7.61. The van der Waals surface area contributed by atoms with Crippen molar-refractivity contribution in [3.8, 4) is 5.75 Å². The molecule has 0 radical (unpaired) electrons. The molecule has 0 amide bonds. The van der Waals surface area contributed by atoms with Crippen molar-refractivity contribution in [2.75, 3.05) is 29.9 Å². The number of ether oxygens (including phenoxy) is 1. The number of nitrogens with one attached hydrogen (secondary N) is 1. The summed E-state index contributed by atoms with van der Waals surface area (Å²) in [5.74, 6) is -2.88. The third-order valence-corrected chi connectivity index (χ3v) is 6.23. The Bertz CT molecular complexity index is 1320. The standard InChI is InChI=1S/C23H22F5N5O2/c1-11(13-5-4-6-15-18(13)35-10-22(15,24)25)29-20-14-7-16(33-8-21(3,34)9-33)19(23(26,27)28)30-17(14)12(2)31-32-20/h4-7,11,34H,8-10H2,1-3H3,(H,29,32)/t11-/m1/s1. The van der Waals surface area contributed by atoms with E-state index >= 15 is 0 Å². The maximum atomic E-state index is 14.1. The SMILES string of the molecule is Cc1nnc(N[C@H](C)c2cccc3c2OCC3(F)F)c2cc(N3CC(C)(O)C3)c(C(F)(F)F)nc12. The highest BCUT2D eigenvalue weighted by Crippen LogP contribution is 2.46. The number of benzene rings is 1. The van der Waals surface area contributed by atoms with Crippen LogP contribution in [0.4, 0.5) is 33.5 Å². The molecule has 0 unspecified atom stereocenters. The first kappa shape index (κ1) is 23.5. The van der Waals surface area contributed by atoms with Gasteiger partial charge in [-0.25, -0.2) is 4.98 Å². The fourth-order valence-electron chi connectivity index (χ4n) is 4.56. The lowest BCUT2D eigenvalue weighted by Gasteiger charge is -2.46. The molecule has 5 rings (SSSR count). The summed E-state index contributed by atoms with van der Waals surface area (Å²) in [7, 11) is 0. The van der Waals surface area contributed by atoms with E-state index in [2.05, 4.69) is 20.5 Å². The highest BCUT2D eigenvalue weighted by molar-refractivity contribution is 5.93. The number of aryl methyl sites for hydroxylation is 1. The molecular formula is C23H22F5N5O2. The molecule has 1 atom stereocenters. The summed E-state index contributed by atoms with van der Waals surface area (Å²) in [6, 6.07) is 5.18. The summed E-state index contributed by atoms with van der Waals surface area (Å²) in [6.45, 7) is 4.02. The van der Waals surface area contributed by atoms with Crippen LogP contribution in [-0.4, -0.2) is 45.6 Å². The number of rotatable bonds is 4. The van der Waals surface area contributed by atoms with E-state index in [1.165, 1.54) is 30.0 Å². The number of para-hydroxylation sites is 1. The predicted octanol–water partition coefficient (Wildman–Crippen LogP) is 4.58. The second-order valence-corrected chi connectivity index (χ2v) is 9.32. The van der Waals surface area contributed by atoms with Crippen molar-refractivity contribution in [3.05, 3.63) is 46.8 Å². The van der Waals surface area contributed by atoms with Crippen LogP contribution in [0, 0.1) is 6.92 Å². The second-order valence-electron chi connectivity index (χ2n) is 9.32. The zero-order valence-corrected chi connectivity index (χ0v) is 19.0. The number of alkyl halides is 5. The van der Waals surface area contributed by atoms with Gasteiger partial charge in [-0.1, -0.05) is 12.1 Å². The van der Waals surface area contributed by atoms with E-state index in [4.69, 9.17) is 4.74 Å². The largest absolute Gasteiger partial charge is 0.486 e. The maximum Gasteiger partial charge on any atom is 0.435 e. The van der Waals surface area contributed by atoms with Gasteiger partial charge in [0.05, 0.1) is 34.1 Å². The van der Waals surface area contributed by atoms with E-state index in [9.17, 15) is 27.1 Å². The molecule has 2 aliphatic rings. The quantitative estimate of drug-likeness (QED) is 0.513. The predicted molar refractivity (Wildman–Crippen MR) is 118 cm³/mol. The molecule has 2 aliphatic heterocycles. The molecule has 2 aromatic heterocycles. The van der Waals surface area contributed by atoms with Gasteiger partial charge in [-0.15, -0.1) is 5.10 Å². The fourth-order valence-corrected chi connectivity index (χ4v) is 4.56. The van der Waals surface area contributed by atoms with Gasteiger partial charge in [-0.2, -0.15) is 27.1 Å². The van der Waals surface area contributed by atoms with E-state index < -0.39 is 36.0 Å². The third-order valence-electron chi connectivity index (χ3n) is 6.23. The van der Waals surface area contributed by atoms with Gasteiger partial charge in [0.2, 0.25) is 0 Å².